The monoisotopic (exact) mass is 450 g/mol. The molecule has 0 atom stereocenters. The number of rotatable bonds is 11. The van der Waals surface area contributed by atoms with E-state index in [1.807, 2.05) is 0 Å². The van der Waals surface area contributed by atoms with Crippen molar-refractivity contribution in [3.05, 3.63) is 0 Å². The molecule has 26 heavy (non-hydrogen) atoms. The topological polar surface area (TPSA) is 134 Å². The van der Waals surface area contributed by atoms with Crippen LogP contribution in [-0.2, 0) is 18.6 Å². The van der Waals surface area contributed by atoms with Gasteiger partial charge in [0.1, 0.15) is 0 Å². The summed E-state index contributed by atoms with van der Waals surface area (Å²) in [6.07, 6.45) is -12.8. The summed E-state index contributed by atoms with van der Waals surface area (Å²) < 4.78 is 130. The van der Waals surface area contributed by atoms with Gasteiger partial charge in [-0.05, 0) is 12.8 Å². The van der Waals surface area contributed by atoms with E-state index in [4.69, 9.17) is 19.6 Å². The quantitative estimate of drug-likeness (QED) is 0.215. The van der Waals surface area contributed by atoms with Crippen molar-refractivity contribution in [2.24, 2.45) is 0 Å². The zero-order valence-corrected chi connectivity index (χ0v) is 14.0. The van der Waals surface area contributed by atoms with E-state index in [1.165, 1.54) is 0 Å². The number of ether oxygens (including phenoxy) is 2. The van der Waals surface area contributed by atoms with E-state index >= 15 is 0 Å². The first-order valence-electron chi connectivity index (χ1n) is 6.11. The molecule has 0 rings (SSSR count). The zero-order valence-electron chi connectivity index (χ0n) is 12.2. The molecular weight excluding hydrogens is 438 g/mol. The van der Waals surface area contributed by atoms with E-state index in [0.717, 1.165) is 0 Å². The van der Waals surface area contributed by atoms with Gasteiger partial charge in [-0.2, -0.15) is 35.1 Å². The Balaban J connectivity index is 4.51. The van der Waals surface area contributed by atoms with Crippen molar-refractivity contribution in [1.82, 2.24) is 0 Å². The van der Waals surface area contributed by atoms with Crippen LogP contribution in [0.5, 0.6) is 0 Å². The molecule has 0 amide bonds. The first-order valence-corrected chi connectivity index (χ1v) is 9.33. The van der Waals surface area contributed by atoms with Gasteiger partial charge in [-0.15, -0.1) is 0 Å². The van der Waals surface area contributed by atoms with Gasteiger partial charge in [0.05, 0.1) is 13.2 Å². The van der Waals surface area contributed by atoms with Gasteiger partial charge in [-0.1, -0.05) is 0 Å². The molecule has 0 radical (unpaired) electrons. The first kappa shape index (κ1) is 25.7. The Hall–Kier alpha value is -0.340. The van der Waals surface area contributed by atoms with E-state index in [2.05, 4.69) is 9.47 Å². The molecule has 0 aliphatic carbocycles. The Labute approximate surface area is 139 Å². The van der Waals surface area contributed by atoms with Crippen molar-refractivity contribution in [2.45, 2.75) is 36.4 Å². The van der Waals surface area contributed by atoms with E-state index in [-0.39, 0.29) is 0 Å². The van der Waals surface area contributed by atoms with Crippen molar-refractivity contribution in [3.8, 4) is 0 Å². The van der Waals surface area contributed by atoms with Gasteiger partial charge in [0.2, 0.25) is 0 Å². The van der Waals surface area contributed by atoms with E-state index in [1.54, 1.807) is 0 Å². The fraction of sp³-hybridized carbons (Fsp3) is 1.00. The molecule has 0 aromatic heterocycles. The fourth-order valence-electron chi connectivity index (χ4n) is 1.12. The third kappa shape index (κ3) is 5.58. The van der Waals surface area contributed by atoms with Crippen molar-refractivity contribution < 1.29 is 73.3 Å². The SMILES string of the molecule is O=P(O)(O)C(F)(F)C(F)(F)OCCCCOC(F)(F)C(F)(F)P(=O)(O)O. The van der Waals surface area contributed by atoms with Gasteiger partial charge >= 0.3 is 38.7 Å². The lowest BCUT2D eigenvalue weighted by molar-refractivity contribution is -0.326. The highest BCUT2D eigenvalue weighted by molar-refractivity contribution is 7.53. The van der Waals surface area contributed by atoms with Crippen LogP contribution < -0.4 is 0 Å². The van der Waals surface area contributed by atoms with Gasteiger partial charge < -0.3 is 29.0 Å². The lowest BCUT2D eigenvalue weighted by Crippen LogP contribution is -2.43. The molecule has 18 heteroatoms. The molecule has 0 aromatic rings. The minimum atomic E-state index is -6.60. The summed E-state index contributed by atoms with van der Waals surface area (Å²) in [4.78, 5) is 32.5. The molecule has 0 fully saturated rings. The van der Waals surface area contributed by atoms with Crippen LogP contribution in [0.1, 0.15) is 12.8 Å². The maximum Gasteiger partial charge on any atom is 0.434 e. The molecule has 158 valence electrons. The summed E-state index contributed by atoms with van der Waals surface area (Å²) in [6.45, 7) is -2.74. The first-order chi connectivity index (χ1) is 11.2. The van der Waals surface area contributed by atoms with Crippen LogP contribution in [0.4, 0.5) is 35.1 Å². The van der Waals surface area contributed by atoms with E-state index in [0.29, 0.717) is 0 Å². The summed E-state index contributed by atoms with van der Waals surface area (Å²) in [5.74, 6) is 0. The Kier molecular flexibility index (Phi) is 7.85. The molecule has 0 aliphatic rings. The van der Waals surface area contributed by atoms with Crippen LogP contribution in [0.2, 0.25) is 0 Å². The maximum atomic E-state index is 12.9. The van der Waals surface area contributed by atoms with Gasteiger partial charge in [-0.3, -0.25) is 9.13 Å². The second kappa shape index (κ2) is 7.95. The van der Waals surface area contributed by atoms with Crippen LogP contribution >= 0.6 is 15.2 Å². The number of alkyl halides is 8. The highest BCUT2D eigenvalue weighted by atomic mass is 31.2. The van der Waals surface area contributed by atoms with Crippen LogP contribution in [0, 0.1) is 0 Å². The standard InChI is InChI=1S/C8H12F8O8P2/c9-5(10,7(13,14)25(17,18)19)23-3-1-2-4-24-6(11,12)8(15,16)26(20,21)22/h1-4H2,(H2,17,18,19)(H2,20,21,22). The Bertz CT molecular complexity index is 523. The van der Waals surface area contributed by atoms with E-state index in [9.17, 15) is 44.3 Å². The molecule has 8 nitrogen and oxygen atoms in total. The largest absolute Gasteiger partial charge is 0.434 e. The smallest absolute Gasteiger partial charge is 0.320 e. The summed E-state index contributed by atoms with van der Waals surface area (Å²) in [5, 5.41) is 0. The number of unbranched alkanes of at least 4 members (excludes halogenated alkanes) is 1. The molecular formula is C8H12F8O8P2. The number of hydrogen-bond donors (Lipinski definition) is 4. The minimum Gasteiger partial charge on any atom is -0.320 e. The Morgan fingerprint density at radius 1 is 0.615 bits per heavy atom. The molecule has 0 bridgehead atoms. The van der Waals surface area contributed by atoms with Gasteiger partial charge in [0.15, 0.2) is 0 Å². The molecule has 0 heterocycles. The minimum absolute atomic E-state index is 0.801. The average Bonchev–Trinajstić information content (AvgIpc) is 2.39. The third-order valence-electron chi connectivity index (χ3n) is 2.54. The zero-order chi connectivity index (χ0) is 21.2. The van der Waals surface area contributed by atoms with Crippen molar-refractivity contribution in [1.29, 1.82) is 0 Å². The fourth-order valence-corrected chi connectivity index (χ4v) is 1.92. The molecule has 0 aliphatic heterocycles. The van der Waals surface area contributed by atoms with Crippen LogP contribution in [0.25, 0.3) is 0 Å². The highest BCUT2D eigenvalue weighted by Gasteiger charge is 2.70. The van der Waals surface area contributed by atoms with Crippen molar-refractivity contribution in [3.63, 3.8) is 0 Å². The van der Waals surface area contributed by atoms with Gasteiger partial charge in [0, 0.05) is 0 Å². The summed E-state index contributed by atoms with van der Waals surface area (Å²) in [6, 6.07) is 0. The maximum absolute atomic E-state index is 12.9. The summed E-state index contributed by atoms with van der Waals surface area (Å²) in [5.41, 5.74) is -11.8. The lowest BCUT2D eigenvalue weighted by Gasteiger charge is -2.27. The van der Waals surface area contributed by atoms with Crippen LogP contribution in [0.15, 0.2) is 0 Å². The molecule has 4 N–H and O–H groups in total. The highest BCUT2D eigenvalue weighted by Crippen LogP contribution is 2.61. The summed E-state index contributed by atoms with van der Waals surface area (Å²) >= 11 is 0. The molecule has 0 unspecified atom stereocenters. The second-order valence-corrected chi connectivity index (χ2v) is 7.91. The van der Waals surface area contributed by atoms with Crippen LogP contribution in [-0.4, -0.2) is 56.3 Å². The lowest BCUT2D eigenvalue weighted by atomic mass is 10.3. The van der Waals surface area contributed by atoms with Crippen LogP contribution in [0.3, 0.4) is 0 Å². The van der Waals surface area contributed by atoms with Crippen molar-refractivity contribution in [2.75, 3.05) is 13.2 Å². The average molecular weight is 450 g/mol. The molecule has 0 aromatic carbocycles. The van der Waals surface area contributed by atoms with E-state index < -0.39 is 64.8 Å². The summed E-state index contributed by atoms with van der Waals surface area (Å²) in [7, 11) is -13.2. The normalized spacial score (nSPS) is 15.4. The Morgan fingerprint density at radius 3 is 1.04 bits per heavy atom. The molecule has 0 saturated carbocycles. The van der Waals surface area contributed by atoms with Crippen molar-refractivity contribution >= 4 is 15.2 Å². The number of halogens is 8. The second-order valence-electron chi connectivity index (χ2n) is 4.61. The van der Waals surface area contributed by atoms with Gasteiger partial charge in [-0.25, -0.2) is 0 Å². The predicted molar refractivity (Wildman–Crippen MR) is 65.0 cm³/mol. The van der Waals surface area contributed by atoms with Gasteiger partial charge in [0.25, 0.3) is 0 Å². The molecule has 0 spiro atoms. The predicted octanol–water partition coefficient (Wildman–Crippen LogP) is 2.53. The number of hydrogen-bond acceptors (Lipinski definition) is 4. The Morgan fingerprint density at radius 2 is 0.846 bits per heavy atom. The third-order valence-corrected chi connectivity index (χ3v) is 4.52. The molecule has 0 saturated heterocycles.